The van der Waals surface area contributed by atoms with Gasteiger partial charge < -0.3 is 10.6 Å². The average molecular weight is 369 g/mol. The Morgan fingerprint density at radius 3 is 2.41 bits per heavy atom. The van der Waals surface area contributed by atoms with Crippen LogP contribution in [0, 0.1) is 5.92 Å². The zero-order chi connectivity index (χ0) is 19.8. The molecule has 1 saturated heterocycles. The lowest BCUT2D eigenvalue weighted by atomic mass is 9.89. The van der Waals surface area contributed by atoms with E-state index >= 15 is 0 Å². The first-order chi connectivity index (χ1) is 12.7. The monoisotopic (exact) mass is 368 g/mol. The van der Waals surface area contributed by atoms with Gasteiger partial charge in [-0.05, 0) is 50.8 Å². The first kappa shape index (κ1) is 19.6. The number of carbonyl (C=O) groups is 1. The van der Waals surface area contributed by atoms with E-state index < -0.39 is 0 Å². The lowest BCUT2D eigenvalue weighted by Gasteiger charge is -2.23. The Morgan fingerprint density at radius 2 is 1.89 bits per heavy atom. The lowest BCUT2D eigenvalue weighted by Crippen LogP contribution is -2.31. The van der Waals surface area contributed by atoms with Gasteiger partial charge in [-0.25, -0.2) is 0 Å². The third kappa shape index (κ3) is 3.93. The number of aromatic nitrogens is 2. The van der Waals surface area contributed by atoms with Crippen molar-refractivity contribution in [1.82, 2.24) is 14.7 Å². The highest BCUT2D eigenvalue weighted by atomic mass is 16.2. The van der Waals surface area contributed by atoms with Crippen LogP contribution in [-0.2, 0) is 5.54 Å². The van der Waals surface area contributed by atoms with Crippen molar-refractivity contribution in [3.63, 3.8) is 0 Å². The van der Waals surface area contributed by atoms with E-state index in [0.717, 1.165) is 5.69 Å². The average Bonchev–Trinajstić information content (AvgIpc) is 3.26. The molecule has 5 heteroatoms. The van der Waals surface area contributed by atoms with Gasteiger partial charge in [0.25, 0.3) is 5.91 Å². The number of amides is 1. The summed E-state index contributed by atoms with van der Waals surface area (Å²) in [5, 5.41) is 4.69. The summed E-state index contributed by atoms with van der Waals surface area (Å²) in [6.07, 6.45) is 0. The second-order valence-electron chi connectivity index (χ2n) is 8.91. The van der Waals surface area contributed by atoms with E-state index in [1.54, 1.807) is 0 Å². The van der Waals surface area contributed by atoms with Crippen LogP contribution in [-0.4, -0.2) is 40.2 Å². The maximum Gasteiger partial charge on any atom is 0.274 e. The molecule has 2 N–H and O–H groups in total. The Morgan fingerprint density at radius 1 is 1.22 bits per heavy atom. The molecule has 1 aromatic heterocycles. The minimum Gasteiger partial charge on any atom is -0.336 e. The minimum absolute atomic E-state index is 0.0109. The van der Waals surface area contributed by atoms with E-state index in [9.17, 15) is 4.79 Å². The van der Waals surface area contributed by atoms with E-state index in [2.05, 4.69) is 46.8 Å². The zero-order valence-electron chi connectivity index (χ0n) is 17.1. The molecule has 1 amide bonds. The molecule has 1 aliphatic heterocycles. The number of nitrogens with two attached hydrogens (primary N) is 1. The molecule has 0 unspecified atom stereocenters. The smallest absolute Gasteiger partial charge is 0.274 e. The fourth-order valence-electron chi connectivity index (χ4n) is 3.96. The van der Waals surface area contributed by atoms with Crippen molar-refractivity contribution >= 4 is 5.91 Å². The number of hydrogen-bond donors (Lipinski definition) is 1. The van der Waals surface area contributed by atoms with Gasteiger partial charge in [0.1, 0.15) is 0 Å². The van der Waals surface area contributed by atoms with Crippen LogP contribution in [0.2, 0.25) is 0 Å². The molecule has 0 spiro atoms. The molecular weight excluding hydrogens is 336 g/mol. The molecule has 0 aliphatic carbocycles. The van der Waals surface area contributed by atoms with Gasteiger partial charge in [-0.1, -0.05) is 44.2 Å². The second-order valence-corrected chi connectivity index (χ2v) is 8.91. The summed E-state index contributed by atoms with van der Waals surface area (Å²) >= 11 is 0. The highest BCUT2D eigenvalue weighted by Gasteiger charge is 2.37. The summed E-state index contributed by atoms with van der Waals surface area (Å²) in [5.41, 5.74) is 8.77. The summed E-state index contributed by atoms with van der Waals surface area (Å²) in [7, 11) is 0. The first-order valence-corrected chi connectivity index (χ1v) is 9.87. The van der Waals surface area contributed by atoms with Crippen LogP contribution in [0.15, 0.2) is 36.4 Å². The SMILES string of the molecule is CC(C)c1cc(C(=O)N2C[C@@H](CN)[C@H](c3ccccc3)C2)nn1C(C)(C)C. The number of rotatable bonds is 4. The summed E-state index contributed by atoms with van der Waals surface area (Å²) in [5.74, 6) is 0.891. The molecule has 0 radical (unpaired) electrons. The normalized spacial score (nSPS) is 20.5. The molecule has 2 aromatic rings. The summed E-state index contributed by atoms with van der Waals surface area (Å²) < 4.78 is 2.00. The van der Waals surface area contributed by atoms with Crippen LogP contribution < -0.4 is 5.73 Å². The van der Waals surface area contributed by atoms with Gasteiger partial charge in [0.05, 0.1) is 5.54 Å². The highest BCUT2D eigenvalue weighted by molar-refractivity contribution is 5.92. The van der Waals surface area contributed by atoms with Crippen molar-refractivity contribution in [3.8, 4) is 0 Å². The lowest BCUT2D eigenvalue weighted by molar-refractivity contribution is 0.0779. The van der Waals surface area contributed by atoms with Crippen LogP contribution in [0.25, 0.3) is 0 Å². The Hall–Kier alpha value is -2.14. The third-order valence-electron chi connectivity index (χ3n) is 5.44. The molecule has 5 nitrogen and oxygen atoms in total. The molecule has 27 heavy (non-hydrogen) atoms. The van der Waals surface area contributed by atoms with Crippen molar-refractivity contribution in [2.75, 3.05) is 19.6 Å². The minimum atomic E-state index is -0.157. The van der Waals surface area contributed by atoms with Crippen LogP contribution in [0.3, 0.4) is 0 Å². The van der Waals surface area contributed by atoms with E-state index in [1.165, 1.54) is 5.56 Å². The van der Waals surface area contributed by atoms with Gasteiger partial charge in [-0.15, -0.1) is 0 Å². The van der Waals surface area contributed by atoms with E-state index in [4.69, 9.17) is 10.8 Å². The summed E-state index contributed by atoms with van der Waals surface area (Å²) in [4.78, 5) is 15.1. The van der Waals surface area contributed by atoms with Gasteiger partial charge in [-0.3, -0.25) is 9.48 Å². The predicted octanol–water partition coefficient (Wildman–Crippen LogP) is 3.58. The van der Waals surface area contributed by atoms with Crippen molar-refractivity contribution in [2.24, 2.45) is 11.7 Å². The quantitative estimate of drug-likeness (QED) is 0.897. The van der Waals surface area contributed by atoms with Crippen LogP contribution in [0.5, 0.6) is 0 Å². The third-order valence-corrected chi connectivity index (χ3v) is 5.44. The number of nitrogens with zero attached hydrogens (tertiary/aromatic N) is 3. The molecule has 1 fully saturated rings. The fraction of sp³-hybridized carbons (Fsp3) is 0.545. The Labute approximate surface area is 162 Å². The van der Waals surface area contributed by atoms with Crippen LogP contribution in [0.1, 0.15) is 68.2 Å². The predicted molar refractivity (Wildman–Crippen MR) is 109 cm³/mol. The maximum atomic E-state index is 13.2. The standard InChI is InChI=1S/C22H32N4O/c1-15(2)20-11-19(24-26(20)22(3,4)5)21(27)25-13-17(12-23)18(14-25)16-9-7-6-8-10-16/h6-11,15,17-18H,12-14,23H2,1-5H3/t17-,18+/m1/s1. The number of hydrogen-bond acceptors (Lipinski definition) is 3. The Kier molecular flexibility index (Phi) is 5.43. The number of benzene rings is 1. The van der Waals surface area contributed by atoms with Crippen molar-refractivity contribution in [1.29, 1.82) is 0 Å². The van der Waals surface area contributed by atoms with E-state index in [1.807, 2.05) is 33.8 Å². The van der Waals surface area contributed by atoms with Crippen molar-refractivity contribution < 1.29 is 4.79 Å². The molecular formula is C22H32N4O. The molecule has 1 aromatic carbocycles. The second kappa shape index (κ2) is 7.47. The fourth-order valence-corrected chi connectivity index (χ4v) is 3.96. The molecule has 0 bridgehead atoms. The van der Waals surface area contributed by atoms with Crippen molar-refractivity contribution in [3.05, 3.63) is 53.3 Å². The Bertz CT molecular complexity index is 788. The summed E-state index contributed by atoms with van der Waals surface area (Å²) in [6.45, 7) is 12.6. The number of likely N-dealkylation sites (tertiary alicyclic amines) is 1. The van der Waals surface area contributed by atoms with Gasteiger partial charge in [0.2, 0.25) is 0 Å². The molecule has 3 rings (SSSR count). The van der Waals surface area contributed by atoms with Gasteiger partial charge >= 0.3 is 0 Å². The highest BCUT2D eigenvalue weighted by Crippen LogP contribution is 2.33. The Balaban J connectivity index is 1.86. The van der Waals surface area contributed by atoms with Gasteiger partial charge in [0, 0.05) is 24.7 Å². The molecule has 146 valence electrons. The number of carbonyl (C=O) groups excluding carboxylic acids is 1. The topological polar surface area (TPSA) is 64.2 Å². The molecule has 2 atom stereocenters. The van der Waals surface area contributed by atoms with E-state index in [-0.39, 0.29) is 23.3 Å². The molecule has 2 heterocycles. The van der Waals surface area contributed by atoms with E-state index in [0.29, 0.717) is 31.2 Å². The zero-order valence-corrected chi connectivity index (χ0v) is 17.1. The molecule has 1 aliphatic rings. The summed E-state index contributed by atoms with van der Waals surface area (Å²) in [6, 6.07) is 12.3. The van der Waals surface area contributed by atoms with Crippen LogP contribution >= 0.6 is 0 Å². The van der Waals surface area contributed by atoms with Crippen LogP contribution in [0.4, 0.5) is 0 Å². The maximum absolute atomic E-state index is 13.2. The molecule has 0 saturated carbocycles. The van der Waals surface area contributed by atoms with Gasteiger partial charge in [-0.2, -0.15) is 5.10 Å². The largest absolute Gasteiger partial charge is 0.336 e. The van der Waals surface area contributed by atoms with Gasteiger partial charge in [0.15, 0.2) is 5.69 Å². The van der Waals surface area contributed by atoms with Crippen molar-refractivity contribution in [2.45, 2.75) is 52.0 Å². The first-order valence-electron chi connectivity index (χ1n) is 9.87.